The number of benzene rings is 3. The largest absolute Gasteiger partial charge is 0.497 e. The van der Waals surface area contributed by atoms with E-state index >= 15 is 0 Å². The van der Waals surface area contributed by atoms with Crippen LogP contribution in [0, 0.1) is 0 Å². The van der Waals surface area contributed by atoms with Crippen LogP contribution < -0.4 is 15.1 Å². The normalized spacial score (nSPS) is 11.8. The summed E-state index contributed by atoms with van der Waals surface area (Å²) >= 11 is 0. The summed E-state index contributed by atoms with van der Waals surface area (Å²) < 4.78 is 5.23. The smallest absolute Gasteiger partial charge is 0.238 e. The van der Waals surface area contributed by atoms with Gasteiger partial charge >= 0.3 is 0 Å². The summed E-state index contributed by atoms with van der Waals surface area (Å²) in [6.45, 7) is 1.49. The Bertz CT molecular complexity index is 1540. The number of nitrogens with zero attached hydrogens (tertiary/aromatic N) is 3. The first-order valence-corrected chi connectivity index (χ1v) is 12.1. The monoisotopic (exact) mass is 509 g/mol. The Labute approximate surface area is 220 Å². The van der Waals surface area contributed by atoms with E-state index in [4.69, 9.17) is 4.74 Å². The lowest BCUT2D eigenvalue weighted by Crippen LogP contribution is -2.40. The van der Waals surface area contributed by atoms with Gasteiger partial charge in [0, 0.05) is 32.1 Å². The van der Waals surface area contributed by atoms with Gasteiger partial charge in [0.1, 0.15) is 11.4 Å². The molecule has 3 aromatic carbocycles. The number of anilines is 2. The van der Waals surface area contributed by atoms with Crippen molar-refractivity contribution in [3.8, 4) is 28.3 Å². The molecule has 1 aliphatic carbocycles. The predicted octanol–water partition coefficient (Wildman–Crippen LogP) is 4.31. The summed E-state index contributed by atoms with van der Waals surface area (Å²) in [4.78, 5) is 38.5. The van der Waals surface area contributed by atoms with Crippen LogP contribution in [0.3, 0.4) is 0 Å². The van der Waals surface area contributed by atoms with Crippen molar-refractivity contribution in [2.75, 3.05) is 31.5 Å². The molecule has 2 amide bonds. The second-order valence-electron chi connectivity index (χ2n) is 9.18. The molecule has 9 heteroatoms. The SMILES string of the molecule is COc1ccc(-c2n[nH]c3c2C(=O)c2c(NC(=O)Cc4ccc(N(C(C)=O)N(C)C)cc4)cccc2-3)cc1. The summed E-state index contributed by atoms with van der Waals surface area (Å²) in [5.41, 5.74) is 5.55. The third-order valence-electron chi connectivity index (χ3n) is 6.44. The van der Waals surface area contributed by atoms with Crippen molar-refractivity contribution in [1.29, 1.82) is 0 Å². The number of carbonyl (C=O) groups is 3. The summed E-state index contributed by atoms with van der Waals surface area (Å²) in [6, 6.07) is 19.9. The number of ether oxygens (including phenoxy) is 1. The maximum atomic E-state index is 13.6. The zero-order valence-electron chi connectivity index (χ0n) is 21.5. The Morgan fingerprint density at radius 1 is 0.974 bits per heavy atom. The van der Waals surface area contributed by atoms with E-state index in [2.05, 4.69) is 15.5 Å². The molecule has 0 radical (unpaired) electrons. The fourth-order valence-corrected chi connectivity index (χ4v) is 4.78. The number of hydrogen-bond donors (Lipinski definition) is 2. The van der Waals surface area contributed by atoms with Crippen molar-refractivity contribution in [1.82, 2.24) is 15.2 Å². The number of ketones is 1. The maximum Gasteiger partial charge on any atom is 0.238 e. The van der Waals surface area contributed by atoms with Crippen molar-refractivity contribution in [2.24, 2.45) is 0 Å². The van der Waals surface area contributed by atoms with Crippen LogP contribution in [0.2, 0.25) is 0 Å². The Balaban J connectivity index is 1.35. The minimum atomic E-state index is -0.251. The van der Waals surface area contributed by atoms with Gasteiger partial charge < -0.3 is 10.1 Å². The van der Waals surface area contributed by atoms with Gasteiger partial charge in [-0.2, -0.15) is 5.10 Å². The highest BCUT2D eigenvalue weighted by Gasteiger charge is 2.35. The molecule has 0 fully saturated rings. The molecule has 38 heavy (non-hydrogen) atoms. The van der Waals surface area contributed by atoms with Crippen molar-refractivity contribution in [3.05, 3.63) is 83.4 Å². The lowest BCUT2D eigenvalue weighted by atomic mass is 10.0. The molecule has 192 valence electrons. The standard InChI is InChI=1S/C29H27N5O4/c1-17(35)34(33(2)3)20-12-8-18(9-13-20)16-24(36)30-23-7-5-6-22-25(23)29(37)26-27(31-32-28(22)26)19-10-14-21(38-4)15-11-19/h5-15H,16H2,1-4H3,(H,30,36)(H,31,32). The van der Waals surface area contributed by atoms with E-state index in [0.717, 1.165) is 11.1 Å². The number of methoxy groups -OCH3 is 1. The molecule has 2 N–H and O–H groups in total. The Hall–Kier alpha value is -4.76. The van der Waals surface area contributed by atoms with Gasteiger partial charge in [0.25, 0.3) is 0 Å². The van der Waals surface area contributed by atoms with E-state index in [1.807, 2.05) is 42.5 Å². The first-order valence-electron chi connectivity index (χ1n) is 12.1. The Morgan fingerprint density at radius 2 is 1.68 bits per heavy atom. The van der Waals surface area contributed by atoms with Gasteiger partial charge in [-0.15, -0.1) is 0 Å². The highest BCUT2D eigenvalue weighted by molar-refractivity contribution is 6.27. The topological polar surface area (TPSA) is 108 Å². The summed E-state index contributed by atoms with van der Waals surface area (Å²) in [7, 11) is 5.17. The van der Waals surface area contributed by atoms with Crippen LogP contribution >= 0.6 is 0 Å². The van der Waals surface area contributed by atoms with Crippen molar-refractivity contribution in [2.45, 2.75) is 13.3 Å². The molecule has 0 bridgehead atoms. The van der Waals surface area contributed by atoms with Crippen LogP contribution in [0.25, 0.3) is 22.5 Å². The number of carbonyl (C=O) groups excluding carboxylic acids is 3. The molecular weight excluding hydrogens is 482 g/mol. The second kappa shape index (κ2) is 9.95. The van der Waals surface area contributed by atoms with Crippen LogP contribution in [-0.4, -0.2) is 54.0 Å². The van der Waals surface area contributed by atoms with Gasteiger partial charge in [-0.3, -0.25) is 19.5 Å². The molecule has 0 saturated carbocycles. The maximum absolute atomic E-state index is 13.6. The van der Waals surface area contributed by atoms with Gasteiger partial charge in [-0.25, -0.2) is 10.0 Å². The number of rotatable bonds is 7. The molecule has 0 atom stereocenters. The molecule has 0 unspecified atom stereocenters. The number of hydrazine groups is 1. The molecule has 1 aliphatic rings. The average molecular weight is 510 g/mol. The number of hydrogen-bond acceptors (Lipinski definition) is 6. The fourth-order valence-electron chi connectivity index (χ4n) is 4.78. The summed E-state index contributed by atoms with van der Waals surface area (Å²) in [6.07, 6.45) is 0.115. The fraction of sp³-hybridized carbons (Fsp3) is 0.172. The highest BCUT2D eigenvalue weighted by Crippen LogP contribution is 2.43. The molecule has 1 aromatic heterocycles. The Morgan fingerprint density at radius 3 is 2.32 bits per heavy atom. The number of H-pyrrole nitrogens is 1. The molecule has 0 spiro atoms. The molecule has 4 aromatic rings. The zero-order chi connectivity index (χ0) is 27.0. The second-order valence-corrected chi connectivity index (χ2v) is 9.18. The lowest BCUT2D eigenvalue weighted by Gasteiger charge is -2.27. The predicted molar refractivity (Wildman–Crippen MR) is 145 cm³/mol. The van der Waals surface area contributed by atoms with E-state index < -0.39 is 0 Å². The first-order chi connectivity index (χ1) is 18.3. The van der Waals surface area contributed by atoms with Gasteiger partial charge in [-0.1, -0.05) is 24.3 Å². The minimum absolute atomic E-state index is 0.113. The summed E-state index contributed by atoms with van der Waals surface area (Å²) in [5, 5.41) is 13.5. The van der Waals surface area contributed by atoms with Gasteiger partial charge in [0.15, 0.2) is 5.78 Å². The third kappa shape index (κ3) is 4.44. The van der Waals surface area contributed by atoms with E-state index in [1.54, 1.807) is 50.5 Å². The van der Waals surface area contributed by atoms with Gasteiger partial charge in [0.2, 0.25) is 11.8 Å². The van der Waals surface area contributed by atoms with E-state index in [0.29, 0.717) is 45.2 Å². The van der Waals surface area contributed by atoms with Crippen molar-refractivity contribution >= 4 is 29.0 Å². The minimum Gasteiger partial charge on any atom is -0.497 e. The third-order valence-corrected chi connectivity index (χ3v) is 6.44. The van der Waals surface area contributed by atoms with E-state index in [9.17, 15) is 14.4 Å². The quantitative estimate of drug-likeness (QED) is 0.317. The number of nitrogens with one attached hydrogen (secondary N) is 2. The van der Waals surface area contributed by atoms with Crippen LogP contribution in [0.1, 0.15) is 28.4 Å². The summed E-state index contributed by atoms with van der Waals surface area (Å²) in [5.74, 6) is 0.157. The first kappa shape index (κ1) is 24.9. The van der Waals surface area contributed by atoms with E-state index in [-0.39, 0.29) is 24.0 Å². The van der Waals surface area contributed by atoms with Crippen LogP contribution in [0.5, 0.6) is 5.75 Å². The van der Waals surface area contributed by atoms with E-state index in [1.165, 1.54) is 11.9 Å². The number of aromatic nitrogens is 2. The number of fused-ring (bicyclic) bond motifs is 3. The van der Waals surface area contributed by atoms with Crippen LogP contribution in [-0.2, 0) is 16.0 Å². The van der Waals surface area contributed by atoms with Crippen LogP contribution in [0.15, 0.2) is 66.7 Å². The lowest BCUT2D eigenvalue weighted by molar-refractivity contribution is -0.119. The van der Waals surface area contributed by atoms with Crippen LogP contribution in [0.4, 0.5) is 11.4 Å². The molecule has 0 saturated heterocycles. The zero-order valence-corrected chi connectivity index (χ0v) is 21.5. The molecule has 9 nitrogen and oxygen atoms in total. The molecular formula is C29H27N5O4. The number of aromatic amines is 1. The van der Waals surface area contributed by atoms with Gasteiger partial charge in [0.05, 0.1) is 41.7 Å². The molecule has 0 aliphatic heterocycles. The van der Waals surface area contributed by atoms with Crippen molar-refractivity contribution < 1.29 is 19.1 Å². The van der Waals surface area contributed by atoms with Gasteiger partial charge in [-0.05, 0) is 48.0 Å². The highest BCUT2D eigenvalue weighted by atomic mass is 16.5. The molecule has 5 rings (SSSR count). The number of amides is 2. The van der Waals surface area contributed by atoms with Crippen molar-refractivity contribution in [3.63, 3.8) is 0 Å². The average Bonchev–Trinajstić information content (AvgIpc) is 3.45. The molecule has 1 heterocycles. The Kier molecular flexibility index (Phi) is 6.52.